The number of ether oxygens (including phenoxy) is 1. The van der Waals surface area contributed by atoms with Crippen molar-refractivity contribution in [3.63, 3.8) is 0 Å². The van der Waals surface area contributed by atoms with Gasteiger partial charge < -0.3 is 24.6 Å². The van der Waals surface area contributed by atoms with Crippen molar-refractivity contribution in [1.82, 2.24) is 24.3 Å². The molecule has 0 aliphatic carbocycles. The Kier molecular flexibility index (Phi) is 8.41. The fraction of sp³-hybridized carbons (Fsp3) is 0.265. The summed E-state index contributed by atoms with van der Waals surface area (Å²) in [6.07, 6.45) is -2.75. The first-order chi connectivity index (χ1) is 21.9. The predicted molar refractivity (Wildman–Crippen MR) is 169 cm³/mol. The highest BCUT2D eigenvalue weighted by Crippen LogP contribution is 2.36. The highest BCUT2D eigenvalue weighted by Gasteiger charge is 2.34. The molecule has 0 atom stereocenters. The second-order valence-electron chi connectivity index (χ2n) is 11.5. The van der Waals surface area contributed by atoms with Gasteiger partial charge in [-0.2, -0.15) is 18.2 Å². The Balaban J connectivity index is 1.26. The zero-order valence-electron chi connectivity index (χ0n) is 25.6. The van der Waals surface area contributed by atoms with Gasteiger partial charge in [0.05, 0.1) is 11.1 Å². The summed E-state index contributed by atoms with van der Waals surface area (Å²) in [5.41, 5.74) is 2.31. The number of nitrogens with zero attached hydrogens (tertiary/aromatic N) is 5. The van der Waals surface area contributed by atoms with Crippen LogP contribution in [0.5, 0.6) is 17.4 Å². The Morgan fingerprint density at radius 1 is 0.957 bits per heavy atom. The summed E-state index contributed by atoms with van der Waals surface area (Å²) in [5.74, 6) is 0.525. The number of likely N-dealkylation sites (N-methyl/N-ethyl adjacent to an activating group) is 1. The molecule has 9 nitrogen and oxygen atoms in total. The van der Waals surface area contributed by atoms with E-state index in [1.165, 1.54) is 18.2 Å². The van der Waals surface area contributed by atoms with Gasteiger partial charge in [0.2, 0.25) is 5.88 Å². The lowest BCUT2D eigenvalue weighted by Gasteiger charge is -2.33. The zero-order valence-corrected chi connectivity index (χ0v) is 25.6. The number of phenols is 1. The smallest absolute Gasteiger partial charge is 0.416 e. The van der Waals surface area contributed by atoms with Gasteiger partial charge in [0.15, 0.2) is 5.82 Å². The molecule has 2 aromatic heterocycles. The first-order valence-electron chi connectivity index (χ1n) is 14.8. The van der Waals surface area contributed by atoms with E-state index in [0.717, 1.165) is 24.7 Å². The predicted octanol–water partition coefficient (Wildman–Crippen LogP) is 6.46. The van der Waals surface area contributed by atoms with E-state index in [0.29, 0.717) is 41.3 Å². The highest BCUT2D eigenvalue weighted by atomic mass is 19.4. The van der Waals surface area contributed by atoms with Gasteiger partial charge in [-0.05, 0) is 79.7 Å². The maximum absolute atomic E-state index is 14.1. The van der Waals surface area contributed by atoms with Crippen LogP contribution in [0.25, 0.3) is 22.4 Å². The van der Waals surface area contributed by atoms with Crippen molar-refractivity contribution in [3.8, 4) is 28.8 Å². The van der Waals surface area contributed by atoms with E-state index in [1.54, 1.807) is 36.4 Å². The number of piperazine rings is 1. The Hall–Kier alpha value is -4.94. The number of hydrogen-bond donors (Lipinski definition) is 2. The third-order valence-corrected chi connectivity index (χ3v) is 8.13. The van der Waals surface area contributed by atoms with Gasteiger partial charge in [-0.3, -0.25) is 9.69 Å². The number of anilines is 1. The lowest BCUT2D eigenvalue weighted by atomic mass is 10.0. The second kappa shape index (κ2) is 12.5. The second-order valence-corrected chi connectivity index (χ2v) is 11.5. The van der Waals surface area contributed by atoms with Gasteiger partial charge in [0.1, 0.15) is 17.0 Å². The Labute approximate surface area is 263 Å². The number of amides is 1. The van der Waals surface area contributed by atoms with Crippen LogP contribution in [0.2, 0.25) is 0 Å². The van der Waals surface area contributed by atoms with Crippen LogP contribution in [-0.4, -0.2) is 68.6 Å². The molecule has 1 aliphatic heterocycles. The van der Waals surface area contributed by atoms with E-state index in [-0.39, 0.29) is 35.0 Å². The SMILES string of the molecule is Cc1ccc(C(=O)Nc2ccc(CN3CCN(C)CC3)c(C(F)(F)F)c2)cc1Oc1nc(-c2ccc(O)cc2)nc2ccn(C)c12. The number of carbonyl (C=O) groups is 1. The maximum Gasteiger partial charge on any atom is 0.416 e. The fourth-order valence-corrected chi connectivity index (χ4v) is 5.43. The van der Waals surface area contributed by atoms with Crippen molar-refractivity contribution in [2.75, 3.05) is 38.5 Å². The summed E-state index contributed by atoms with van der Waals surface area (Å²) in [6.45, 7) is 4.96. The van der Waals surface area contributed by atoms with Crippen LogP contribution < -0.4 is 10.1 Å². The minimum atomic E-state index is -4.58. The van der Waals surface area contributed by atoms with Crippen LogP contribution in [-0.2, 0) is 19.8 Å². The van der Waals surface area contributed by atoms with E-state index in [9.17, 15) is 23.1 Å². The number of phenolic OH excluding ortho intramolecular Hbond substituents is 1. The first-order valence-corrected chi connectivity index (χ1v) is 14.8. The number of carbonyl (C=O) groups excluding carboxylic acids is 1. The molecule has 0 radical (unpaired) electrons. The van der Waals surface area contributed by atoms with Gasteiger partial charge in [-0.1, -0.05) is 12.1 Å². The number of halogens is 3. The first kappa shape index (κ1) is 31.1. The molecule has 0 bridgehead atoms. The molecule has 5 aromatic rings. The molecule has 0 unspecified atom stereocenters. The number of benzene rings is 3. The largest absolute Gasteiger partial charge is 0.508 e. The lowest BCUT2D eigenvalue weighted by Crippen LogP contribution is -2.44. The van der Waals surface area contributed by atoms with E-state index >= 15 is 0 Å². The summed E-state index contributed by atoms with van der Waals surface area (Å²) >= 11 is 0. The third-order valence-electron chi connectivity index (χ3n) is 8.13. The minimum Gasteiger partial charge on any atom is -0.508 e. The van der Waals surface area contributed by atoms with E-state index in [4.69, 9.17) is 4.74 Å². The number of hydrogen-bond acceptors (Lipinski definition) is 7. The molecule has 46 heavy (non-hydrogen) atoms. The molecular formula is C34H33F3N6O3. The number of aryl methyl sites for hydroxylation is 2. The zero-order chi connectivity index (χ0) is 32.6. The van der Waals surface area contributed by atoms with Gasteiger partial charge in [-0.15, -0.1) is 0 Å². The molecule has 1 fully saturated rings. The molecule has 0 spiro atoms. The Morgan fingerprint density at radius 2 is 1.70 bits per heavy atom. The van der Waals surface area contributed by atoms with Crippen LogP contribution in [0, 0.1) is 6.92 Å². The minimum absolute atomic E-state index is 0.0438. The normalized spacial score (nSPS) is 14.5. The summed E-state index contributed by atoms with van der Waals surface area (Å²) in [7, 11) is 3.83. The molecular weight excluding hydrogens is 597 g/mol. The number of aromatic hydroxyl groups is 1. The monoisotopic (exact) mass is 630 g/mol. The Morgan fingerprint density at radius 3 is 2.41 bits per heavy atom. The van der Waals surface area contributed by atoms with E-state index in [2.05, 4.69) is 20.2 Å². The van der Waals surface area contributed by atoms with E-state index < -0.39 is 17.6 Å². The highest BCUT2D eigenvalue weighted by molar-refractivity contribution is 6.04. The van der Waals surface area contributed by atoms with Crippen LogP contribution in [0.1, 0.15) is 27.0 Å². The van der Waals surface area contributed by atoms with Crippen molar-refractivity contribution in [2.24, 2.45) is 7.05 Å². The van der Waals surface area contributed by atoms with Crippen molar-refractivity contribution < 1.29 is 27.8 Å². The van der Waals surface area contributed by atoms with Gasteiger partial charge in [-0.25, -0.2) is 4.98 Å². The van der Waals surface area contributed by atoms with Crippen molar-refractivity contribution >= 4 is 22.6 Å². The number of rotatable bonds is 7. The van der Waals surface area contributed by atoms with E-state index in [1.807, 2.05) is 42.7 Å². The molecule has 2 N–H and O–H groups in total. The van der Waals surface area contributed by atoms with Crippen molar-refractivity contribution in [3.05, 3.63) is 95.2 Å². The molecule has 12 heteroatoms. The molecule has 1 aliphatic rings. The van der Waals surface area contributed by atoms with Gasteiger partial charge >= 0.3 is 6.18 Å². The van der Waals surface area contributed by atoms with Crippen molar-refractivity contribution in [2.45, 2.75) is 19.6 Å². The number of alkyl halides is 3. The summed E-state index contributed by atoms with van der Waals surface area (Å²) < 4.78 is 50.4. The van der Waals surface area contributed by atoms with Gasteiger partial charge in [0, 0.05) is 62.8 Å². The van der Waals surface area contributed by atoms with Gasteiger partial charge in [0.25, 0.3) is 5.91 Å². The Bertz CT molecular complexity index is 1900. The average Bonchev–Trinajstić information content (AvgIpc) is 3.40. The molecule has 6 rings (SSSR count). The molecule has 3 heterocycles. The van der Waals surface area contributed by atoms with Crippen LogP contribution >= 0.6 is 0 Å². The average molecular weight is 631 g/mol. The molecule has 1 saturated heterocycles. The number of nitrogens with one attached hydrogen (secondary N) is 1. The maximum atomic E-state index is 14.1. The molecule has 238 valence electrons. The van der Waals surface area contributed by atoms with Crippen molar-refractivity contribution in [1.29, 1.82) is 0 Å². The fourth-order valence-electron chi connectivity index (χ4n) is 5.43. The van der Waals surface area contributed by atoms with Crippen LogP contribution in [0.4, 0.5) is 18.9 Å². The summed E-state index contributed by atoms with van der Waals surface area (Å²) in [4.78, 5) is 26.7. The quantitative estimate of drug-likeness (QED) is 0.213. The standard InChI is InChI=1S/C34H33F3N6O3/c1-21-4-5-23(32(45)38-25-9-6-24(27(19-25)34(35,36)37)20-43-16-14-41(2)15-17-43)18-29(21)46-33-30-28(12-13-42(30)3)39-31(40-33)22-7-10-26(44)11-8-22/h4-13,18-19,44H,14-17,20H2,1-3H3,(H,38,45). The summed E-state index contributed by atoms with van der Waals surface area (Å²) in [5, 5.41) is 12.3. The molecule has 3 aromatic carbocycles. The van der Waals surface area contributed by atoms with Crippen LogP contribution in [0.15, 0.2) is 72.9 Å². The number of aromatic nitrogens is 3. The summed E-state index contributed by atoms with van der Waals surface area (Å²) in [6, 6.07) is 17.1. The number of fused-ring (bicyclic) bond motifs is 1. The topological polar surface area (TPSA) is 95.8 Å². The van der Waals surface area contributed by atoms with Crippen LogP contribution in [0.3, 0.4) is 0 Å². The lowest BCUT2D eigenvalue weighted by molar-refractivity contribution is -0.138. The molecule has 0 saturated carbocycles. The third kappa shape index (κ3) is 6.68. The molecule has 1 amide bonds.